The normalized spacial score (nSPS) is 13.5. The second-order valence-corrected chi connectivity index (χ2v) is 16.4. The maximum Gasteiger partial charge on any atom is 0.472 e. The predicted octanol–water partition coefficient (Wildman–Crippen LogP) is 12.8. The molecule has 0 amide bonds. The second-order valence-electron chi connectivity index (χ2n) is 15.0. The quantitative estimate of drug-likeness (QED) is 0.0268. The molecule has 2 atom stereocenters. The molecule has 0 saturated carbocycles. The highest BCUT2D eigenvalue weighted by molar-refractivity contribution is 7.47. The Bertz CT molecular complexity index is 944. The Morgan fingerprint density at radius 3 is 1.39 bits per heavy atom. The van der Waals surface area contributed by atoms with E-state index >= 15 is 0 Å². The van der Waals surface area contributed by atoms with Crippen LogP contribution >= 0.6 is 7.82 Å². The minimum Gasteiger partial charge on any atom is -0.462 e. The molecule has 0 spiro atoms. The fourth-order valence-electron chi connectivity index (χ4n) is 6.27. The van der Waals surface area contributed by atoms with E-state index in [4.69, 9.17) is 24.3 Å². The van der Waals surface area contributed by atoms with Crippen LogP contribution in [0.3, 0.4) is 0 Å². The zero-order valence-electron chi connectivity index (χ0n) is 35.0. The lowest BCUT2D eigenvalue weighted by Crippen LogP contribution is -2.29. The monoisotopic (exact) mass is 786 g/mol. The zero-order valence-corrected chi connectivity index (χ0v) is 35.9. The molecule has 0 bridgehead atoms. The van der Waals surface area contributed by atoms with Gasteiger partial charge in [0.2, 0.25) is 0 Å². The van der Waals surface area contributed by atoms with Gasteiger partial charge in [-0.2, -0.15) is 0 Å². The van der Waals surface area contributed by atoms with Crippen molar-refractivity contribution in [1.29, 1.82) is 0 Å². The summed E-state index contributed by atoms with van der Waals surface area (Å²) in [6.45, 7) is 3.72. The second kappa shape index (κ2) is 41.1. The molecule has 10 heteroatoms. The van der Waals surface area contributed by atoms with E-state index < -0.39 is 32.5 Å². The van der Waals surface area contributed by atoms with E-state index in [0.717, 1.165) is 51.4 Å². The largest absolute Gasteiger partial charge is 0.472 e. The van der Waals surface area contributed by atoms with Crippen molar-refractivity contribution in [3.8, 4) is 0 Å². The van der Waals surface area contributed by atoms with E-state index in [-0.39, 0.29) is 32.6 Å². The fraction of sp³-hybridized carbons (Fsp3) is 0.864. The SMILES string of the molecule is CCCCCC/C=C/C=C/CCCCCCCC(=O)OC[C@H](COP(=O)(O)OCCN)OC(=O)CCCCCCCCCCCCCCCCCCCC. The molecule has 9 nitrogen and oxygen atoms in total. The maximum atomic E-state index is 12.6. The number of unbranched alkanes of at least 4 members (excludes halogenated alkanes) is 26. The number of rotatable bonds is 42. The van der Waals surface area contributed by atoms with Crippen LogP contribution in [0.15, 0.2) is 24.3 Å². The van der Waals surface area contributed by atoms with Crippen molar-refractivity contribution < 1.29 is 37.6 Å². The number of phosphoric acid groups is 1. The van der Waals surface area contributed by atoms with Gasteiger partial charge in [-0.1, -0.05) is 186 Å². The van der Waals surface area contributed by atoms with Gasteiger partial charge in [0.05, 0.1) is 13.2 Å². The van der Waals surface area contributed by atoms with E-state index in [1.54, 1.807) is 0 Å². The summed E-state index contributed by atoms with van der Waals surface area (Å²) in [6.07, 6.45) is 43.5. The van der Waals surface area contributed by atoms with Crippen LogP contribution in [0.25, 0.3) is 0 Å². The molecule has 0 rings (SSSR count). The highest BCUT2D eigenvalue weighted by Gasteiger charge is 2.26. The number of ether oxygens (including phenoxy) is 2. The standard InChI is InChI=1S/C44H84NO8P/c1-3-5-7-9-11-13-15-17-19-20-21-23-25-27-29-31-33-35-37-44(47)53-42(41-52-54(48,49)51-39-38-45)40-50-43(46)36-34-32-30-28-26-24-22-18-16-14-12-10-8-6-4-2/h14,16,18,22,42H,3-13,15,17,19-21,23-41,45H2,1-2H3,(H,48,49)/b16-14+,22-18+/t42-/m1/s1. The molecule has 1 unspecified atom stereocenters. The summed E-state index contributed by atoms with van der Waals surface area (Å²) in [5.41, 5.74) is 5.35. The molecule has 0 aliphatic heterocycles. The highest BCUT2D eigenvalue weighted by atomic mass is 31.2. The van der Waals surface area contributed by atoms with Crippen LogP contribution in [0.4, 0.5) is 0 Å². The first-order valence-electron chi connectivity index (χ1n) is 22.3. The van der Waals surface area contributed by atoms with Crippen molar-refractivity contribution in [3.05, 3.63) is 24.3 Å². The lowest BCUT2D eigenvalue weighted by Gasteiger charge is -2.19. The molecule has 0 aliphatic carbocycles. The number of nitrogens with two attached hydrogens (primary N) is 1. The van der Waals surface area contributed by atoms with Crippen LogP contribution in [0.2, 0.25) is 0 Å². The molecule has 0 aromatic carbocycles. The Morgan fingerprint density at radius 1 is 0.556 bits per heavy atom. The molecular weight excluding hydrogens is 701 g/mol. The van der Waals surface area contributed by atoms with Gasteiger partial charge in [-0.3, -0.25) is 18.6 Å². The summed E-state index contributed by atoms with van der Waals surface area (Å²) in [6, 6.07) is 0. The summed E-state index contributed by atoms with van der Waals surface area (Å²) in [4.78, 5) is 34.9. The number of allylic oxidation sites excluding steroid dienone is 4. The van der Waals surface area contributed by atoms with Crippen LogP contribution in [-0.4, -0.2) is 49.3 Å². The number of esters is 2. The minimum absolute atomic E-state index is 0.0529. The summed E-state index contributed by atoms with van der Waals surface area (Å²) >= 11 is 0. The van der Waals surface area contributed by atoms with Crippen LogP contribution in [0, 0.1) is 0 Å². The summed E-state index contributed by atoms with van der Waals surface area (Å²) in [5.74, 6) is -0.837. The summed E-state index contributed by atoms with van der Waals surface area (Å²) < 4.78 is 32.8. The summed E-state index contributed by atoms with van der Waals surface area (Å²) in [7, 11) is -4.38. The topological polar surface area (TPSA) is 134 Å². The average molecular weight is 786 g/mol. The van der Waals surface area contributed by atoms with E-state index in [1.807, 2.05) is 0 Å². The number of carbonyl (C=O) groups is 2. The maximum absolute atomic E-state index is 12.6. The Morgan fingerprint density at radius 2 is 0.944 bits per heavy atom. The van der Waals surface area contributed by atoms with Gasteiger partial charge in [0.25, 0.3) is 0 Å². The van der Waals surface area contributed by atoms with Gasteiger partial charge in [-0.15, -0.1) is 0 Å². The van der Waals surface area contributed by atoms with Gasteiger partial charge in [-0.05, 0) is 38.5 Å². The van der Waals surface area contributed by atoms with Gasteiger partial charge in [0.15, 0.2) is 6.10 Å². The molecule has 0 aromatic rings. The van der Waals surface area contributed by atoms with Crippen molar-refractivity contribution in [2.24, 2.45) is 5.73 Å². The average Bonchev–Trinajstić information content (AvgIpc) is 3.16. The Kier molecular flexibility index (Phi) is 40.0. The lowest BCUT2D eigenvalue weighted by atomic mass is 10.0. The van der Waals surface area contributed by atoms with Crippen molar-refractivity contribution in [2.45, 2.75) is 219 Å². The first-order chi connectivity index (χ1) is 26.3. The Hall–Kier alpha value is -1.51. The van der Waals surface area contributed by atoms with Gasteiger partial charge < -0.3 is 20.1 Å². The Balaban J connectivity index is 4.13. The number of carbonyl (C=O) groups excluding carboxylic acids is 2. The first-order valence-corrected chi connectivity index (χ1v) is 23.8. The first kappa shape index (κ1) is 52.5. The lowest BCUT2D eigenvalue weighted by molar-refractivity contribution is -0.161. The van der Waals surface area contributed by atoms with Crippen LogP contribution < -0.4 is 5.73 Å². The molecule has 0 saturated heterocycles. The van der Waals surface area contributed by atoms with Gasteiger partial charge in [0.1, 0.15) is 6.61 Å². The number of hydrogen-bond donors (Lipinski definition) is 2. The fourth-order valence-corrected chi connectivity index (χ4v) is 7.04. The van der Waals surface area contributed by atoms with E-state index in [1.165, 1.54) is 122 Å². The van der Waals surface area contributed by atoms with E-state index in [9.17, 15) is 19.0 Å². The van der Waals surface area contributed by atoms with Gasteiger partial charge >= 0.3 is 19.8 Å². The molecular formula is C44H84NO8P. The number of hydrogen-bond acceptors (Lipinski definition) is 8. The summed E-state index contributed by atoms with van der Waals surface area (Å²) in [5, 5.41) is 0. The van der Waals surface area contributed by atoms with Gasteiger partial charge in [-0.25, -0.2) is 4.57 Å². The molecule has 0 aliphatic rings. The molecule has 54 heavy (non-hydrogen) atoms. The molecule has 3 N–H and O–H groups in total. The molecule has 0 heterocycles. The zero-order chi connectivity index (χ0) is 39.6. The molecule has 0 aromatic heterocycles. The minimum atomic E-state index is -4.38. The van der Waals surface area contributed by atoms with Crippen molar-refractivity contribution in [3.63, 3.8) is 0 Å². The highest BCUT2D eigenvalue weighted by Crippen LogP contribution is 2.43. The third-order valence-electron chi connectivity index (χ3n) is 9.62. The smallest absolute Gasteiger partial charge is 0.462 e. The van der Waals surface area contributed by atoms with Crippen molar-refractivity contribution in [2.75, 3.05) is 26.4 Å². The molecule has 0 radical (unpaired) electrons. The predicted molar refractivity (Wildman–Crippen MR) is 224 cm³/mol. The van der Waals surface area contributed by atoms with Crippen LogP contribution in [0.1, 0.15) is 213 Å². The molecule has 318 valence electrons. The third kappa shape index (κ3) is 40.2. The number of phosphoric ester groups is 1. The van der Waals surface area contributed by atoms with Gasteiger partial charge in [0, 0.05) is 19.4 Å². The van der Waals surface area contributed by atoms with Crippen molar-refractivity contribution in [1.82, 2.24) is 0 Å². The van der Waals surface area contributed by atoms with Crippen molar-refractivity contribution >= 4 is 19.8 Å². The Labute approximate surface area is 332 Å². The van der Waals surface area contributed by atoms with E-state index in [2.05, 4.69) is 38.2 Å². The third-order valence-corrected chi connectivity index (χ3v) is 10.6. The molecule has 0 fully saturated rings. The van der Waals surface area contributed by atoms with Crippen LogP contribution in [-0.2, 0) is 32.7 Å². The van der Waals surface area contributed by atoms with E-state index in [0.29, 0.717) is 12.8 Å². The van der Waals surface area contributed by atoms with Crippen LogP contribution in [0.5, 0.6) is 0 Å².